The average molecular weight is 620 g/mol. The fourth-order valence-corrected chi connectivity index (χ4v) is 7.07. The fraction of sp³-hybridized carbons (Fsp3) is 0.387. The quantitative estimate of drug-likeness (QED) is 0.192. The topological polar surface area (TPSA) is 117 Å². The summed E-state index contributed by atoms with van der Waals surface area (Å²) in [5.41, 5.74) is 5.98. The Morgan fingerprint density at radius 3 is 2.25 bits per heavy atom. The summed E-state index contributed by atoms with van der Waals surface area (Å²) in [6.07, 6.45) is 1.59. The van der Waals surface area contributed by atoms with Crippen molar-refractivity contribution in [3.63, 3.8) is 0 Å². The summed E-state index contributed by atoms with van der Waals surface area (Å²) < 4.78 is 33.6. The molecule has 4 atom stereocenters. The van der Waals surface area contributed by atoms with E-state index < -0.39 is 0 Å². The van der Waals surface area contributed by atoms with E-state index >= 15 is 0 Å². The second kappa shape index (κ2) is 12.6. The first-order valence-electron chi connectivity index (χ1n) is 14.7. The van der Waals surface area contributed by atoms with Crippen LogP contribution in [0.25, 0.3) is 10.3 Å². The zero-order chi connectivity index (χ0) is 31.0. The molecule has 4 aromatic rings. The van der Waals surface area contributed by atoms with Gasteiger partial charge in [0.05, 0.1) is 23.8 Å². The van der Waals surface area contributed by atoms with Crippen LogP contribution in [-0.2, 0) is 4.74 Å². The molecule has 0 bridgehead atoms. The van der Waals surface area contributed by atoms with Crippen LogP contribution in [0.15, 0.2) is 58.7 Å². The lowest BCUT2D eigenvalue weighted by Gasteiger charge is -2.48. The zero-order valence-electron chi connectivity index (χ0n) is 25.0. The molecular weight excluding hydrogens is 584 g/mol. The van der Waals surface area contributed by atoms with Gasteiger partial charge in [-0.15, -0.1) is 0 Å². The lowest BCUT2D eigenvalue weighted by atomic mass is 9.93. The number of thiazole rings is 1. The molecule has 230 valence electrons. The second-order valence-electron chi connectivity index (χ2n) is 11.1. The van der Waals surface area contributed by atoms with Gasteiger partial charge in [0.2, 0.25) is 5.95 Å². The first-order chi connectivity index (χ1) is 21.3. The maximum atomic E-state index is 13.9. The predicted molar refractivity (Wildman–Crippen MR) is 170 cm³/mol. The van der Waals surface area contributed by atoms with Gasteiger partial charge in [0.25, 0.3) is 0 Å². The highest BCUT2D eigenvalue weighted by atomic mass is 32.1. The Hall–Kier alpha value is -3.91. The average Bonchev–Trinajstić information content (AvgIpc) is 3.68. The highest BCUT2D eigenvalue weighted by Crippen LogP contribution is 2.38. The normalized spacial score (nSPS) is 21.3. The summed E-state index contributed by atoms with van der Waals surface area (Å²) >= 11 is 1.46. The molecule has 10 nitrogen and oxygen atoms in total. The molecule has 3 N–H and O–H groups in total. The van der Waals surface area contributed by atoms with Crippen molar-refractivity contribution in [3.05, 3.63) is 76.3 Å². The standard InChI is InChI=1S/C31H35F2N9OS/c1-5-43-19(4)25-24(14-35-40-25)29-36-26-28(37-31(39-34)38-30(26)44-29)42-16-17(2)41(15-18(42)3)27(20-6-10-22(32)11-7-20)21-8-12-23(33)13-9-21/h6-14,17-19,24,27H,5,15-16,34H2,1-4H3,(H,37,38,39)/t17-,18+,19?,24?/m1/s1. The Morgan fingerprint density at radius 1 is 0.977 bits per heavy atom. The van der Waals surface area contributed by atoms with Gasteiger partial charge in [-0.3, -0.25) is 10.3 Å². The molecular formula is C31H35F2N9OS. The van der Waals surface area contributed by atoms with E-state index in [2.05, 4.69) is 44.3 Å². The van der Waals surface area contributed by atoms with Gasteiger partial charge in [-0.2, -0.15) is 20.2 Å². The van der Waals surface area contributed by atoms with Crippen molar-refractivity contribution in [2.75, 3.05) is 30.0 Å². The third-order valence-electron chi connectivity index (χ3n) is 8.20. The van der Waals surface area contributed by atoms with Crippen LogP contribution in [0.5, 0.6) is 0 Å². The number of halogens is 2. The predicted octanol–water partition coefficient (Wildman–Crippen LogP) is 5.29. The third kappa shape index (κ3) is 5.80. The van der Waals surface area contributed by atoms with E-state index in [0.29, 0.717) is 41.8 Å². The Kier molecular flexibility index (Phi) is 8.63. The van der Waals surface area contributed by atoms with Crippen LogP contribution in [0.3, 0.4) is 0 Å². The molecule has 0 amide bonds. The molecule has 2 unspecified atom stereocenters. The van der Waals surface area contributed by atoms with Crippen molar-refractivity contribution < 1.29 is 13.5 Å². The van der Waals surface area contributed by atoms with Crippen molar-refractivity contribution in [2.45, 2.75) is 57.8 Å². The van der Waals surface area contributed by atoms with Crippen molar-refractivity contribution in [2.24, 2.45) is 16.0 Å². The van der Waals surface area contributed by atoms with Gasteiger partial charge in [-0.25, -0.2) is 19.6 Å². The van der Waals surface area contributed by atoms with E-state index in [1.54, 1.807) is 30.5 Å². The molecule has 2 aliphatic heterocycles. The first kappa shape index (κ1) is 30.1. The Morgan fingerprint density at radius 2 is 1.64 bits per heavy atom. The van der Waals surface area contributed by atoms with Crippen LogP contribution < -0.4 is 16.2 Å². The number of hydrazine groups is 1. The molecule has 1 saturated heterocycles. The maximum absolute atomic E-state index is 13.9. The second-order valence-corrected chi connectivity index (χ2v) is 12.1. The van der Waals surface area contributed by atoms with Crippen LogP contribution in [0.1, 0.15) is 55.8 Å². The van der Waals surface area contributed by atoms with Crippen molar-refractivity contribution >= 4 is 45.4 Å². The highest BCUT2D eigenvalue weighted by molar-refractivity contribution is 7.18. The number of nitrogens with one attached hydrogen (secondary N) is 1. The molecule has 2 aliphatic rings. The van der Waals surface area contributed by atoms with Crippen LogP contribution in [0, 0.1) is 11.6 Å². The summed E-state index contributed by atoms with van der Waals surface area (Å²) in [4.78, 5) is 19.8. The summed E-state index contributed by atoms with van der Waals surface area (Å²) in [6.45, 7) is 10.1. The summed E-state index contributed by atoms with van der Waals surface area (Å²) in [5, 5.41) is 9.32. The summed E-state index contributed by atoms with van der Waals surface area (Å²) in [5.74, 6) is 6.00. The Bertz CT molecular complexity index is 1630. The molecule has 13 heteroatoms. The van der Waals surface area contributed by atoms with E-state index in [4.69, 9.17) is 20.5 Å². The minimum absolute atomic E-state index is 0.00612. The molecule has 0 aliphatic carbocycles. The van der Waals surface area contributed by atoms with Gasteiger partial charge in [-0.1, -0.05) is 35.6 Å². The maximum Gasteiger partial charge on any atom is 0.240 e. The van der Waals surface area contributed by atoms with Gasteiger partial charge in [0.15, 0.2) is 10.6 Å². The lowest BCUT2D eigenvalue weighted by Crippen LogP contribution is -2.57. The molecule has 6 rings (SSSR count). The zero-order valence-corrected chi connectivity index (χ0v) is 25.8. The number of nitrogens with zero attached hydrogens (tertiary/aromatic N) is 7. The smallest absolute Gasteiger partial charge is 0.240 e. The van der Waals surface area contributed by atoms with Crippen molar-refractivity contribution in [3.8, 4) is 0 Å². The van der Waals surface area contributed by atoms with Gasteiger partial charge in [0.1, 0.15) is 22.2 Å². The number of hydrogen-bond acceptors (Lipinski definition) is 11. The number of hydrogen-bond donors (Lipinski definition) is 2. The van der Waals surface area contributed by atoms with Gasteiger partial charge in [0, 0.05) is 38.0 Å². The molecule has 1 fully saturated rings. The van der Waals surface area contributed by atoms with Crippen molar-refractivity contribution in [1.82, 2.24) is 19.9 Å². The fourth-order valence-electron chi connectivity index (χ4n) is 6.06. The van der Waals surface area contributed by atoms with Gasteiger partial charge < -0.3 is 9.64 Å². The van der Waals surface area contributed by atoms with Crippen molar-refractivity contribution in [1.29, 1.82) is 0 Å². The number of nitrogens with two attached hydrogens (primary N) is 1. The molecule has 44 heavy (non-hydrogen) atoms. The minimum Gasteiger partial charge on any atom is -0.373 e. The highest BCUT2D eigenvalue weighted by Gasteiger charge is 2.37. The SMILES string of the molecule is CCOC(C)C1=NN=CC1c1nc2c(N3C[C@@H](C)N(C(c4ccc(F)cc4)c4ccc(F)cc4)C[C@@H]3C)nc(NN)nc2s1. The van der Waals surface area contributed by atoms with Crippen LogP contribution >= 0.6 is 11.3 Å². The summed E-state index contributed by atoms with van der Waals surface area (Å²) in [6, 6.07) is 12.9. The Balaban J connectivity index is 1.34. The number of piperazine rings is 1. The third-order valence-corrected chi connectivity index (χ3v) is 9.23. The number of aromatic nitrogens is 3. The minimum atomic E-state index is -0.299. The number of fused-ring (bicyclic) bond motifs is 1. The molecule has 0 spiro atoms. The van der Waals surface area contributed by atoms with Crippen LogP contribution in [-0.4, -0.2) is 69.7 Å². The largest absolute Gasteiger partial charge is 0.373 e. The molecule has 4 heterocycles. The number of ether oxygens (including phenoxy) is 1. The number of anilines is 2. The molecule has 2 aromatic heterocycles. The number of nitrogen functional groups attached to an aromatic ring is 1. The molecule has 0 radical (unpaired) electrons. The first-order valence-corrected chi connectivity index (χ1v) is 15.5. The van der Waals surface area contributed by atoms with Gasteiger partial charge >= 0.3 is 0 Å². The molecule has 0 saturated carbocycles. The Labute approximate surface area is 258 Å². The van der Waals surface area contributed by atoms with E-state index in [1.165, 1.54) is 35.6 Å². The molecule has 2 aromatic carbocycles. The van der Waals surface area contributed by atoms with E-state index in [-0.39, 0.29) is 41.8 Å². The lowest BCUT2D eigenvalue weighted by molar-refractivity contribution is 0.121. The monoisotopic (exact) mass is 619 g/mol. The van der Waals surface area contributed by atoms with Crippen LogP contribution in [0.2, 0.25) is 0 Å². The van der Waals surface area contributed by atoms with Crippen LogP contribution in [0.4, 0.5) is 20.5 Å². The van der Waals surface area contributed by atoms with E-state index in [0.717, 1.165) is 21.8 Å². The van der Waals surface area contributed by atoms with E-state index in [1.807, 2.05) is 13.8 Å². The summed E-state index contributed by atoms with van der Waals surface area (Å²) in [7, 11) is 0. The number of rotatable bonds is 9. The van der Waals surface area contributed by atoms with E-state index in [9.17, 15) is 8.78 Å². The van der Waals surface area contributed by atoms with Gasteiger partial charge in [-0.05, 0) is 63.1 Å². The number of benzene rings is 2.